The summed E-state index contributed by atoms with van der Waals surface area (Å²) < 4.78 is 10.6. The van der Waals surface area contributed by atoms with Crippen LogP contribution in [0.2, 0.25) is 0 Å². The predicted octanol–water partition coefficient (Wildman–Crippen LogP) is 4.65. The molecule has 1 fully saturated rings. The molecule has 0 spiro atoms. The van der Waals surface area contributed by atoms with Crippen LogP contribution in [0.5, 0.6) is 5.75 Å². The number of carbonyl (C=O) groups excluding carboxylic acids is 2. The van der Waals surface area contributed by atoms with Crippen LogP contribution in [0.15, 0.2) is 54.1 Å². The van der Waals surface area contributed by atoms with E-state index in [2.05, 4.69) is 12.2 Å². The normalized spacial score (nSPS) is 18.3. The zero-order valence-corrected chi connectivity index (χ0v) is 18.5. The van der Waals surface area contributed by atoms with Crippen molar-refractivity contribution in [1.82, 2.24) is 5.32 Å². The fourth-order valence-electron chi connectivity index (χ4n) is 3.83. The highest BCUT2D eigenvalue weighted by molar-refractivity contribution is 6.02. The van der Waals surface area contributed by atoms with Gasteiger partial charge >= 0.3 is 5.97 Å². The monoisotopic (exact) mass is 432 g/mol. The highest BCUT2D eigenvalue weighted by atomic mass is 16.5. The maximum Gasteiger partial charge on any atom is 0.337 e. The van der Waals surface area contributed by atoms with Crippen LogP contribution < -0.4 is 10.1 Å². The molecule has 3 rings (SSSR count). The summed E-state index contributed by atoms with van der Waals surface area (Å²) in [5, 5.41) is 12.6. The van der Waals surface area contributed by atoms with Gasteiger partial charge in [-0.15, -0.1) is 0 Å². The Balaban J connectivity index is 1.70. The number of para-hydroxylation sites is 1. The number of methoxy groups -OCH3 is 1. The first kappa shape index (κ1) is 23.1. The van der Waals surface area contributed by atoms with Gasteiger partial charge in [0.15, 0.2) is 0 Å². The molecule has 0 radical (unpaired) electrons. The molecular formula is C26H28N2O4. The number of nitrogens with zero attached hydrogens (tertiary/aromatic N) is 1. The second-order valence-corrected chi connectivity index (χ2v) is 8.03. The Morgan fingerprint density at radius 3 is 2.53 bits per heavy atom. The Kier molecular flexibility index (Phi) is 8.04. The number of carbonyl (C=O) groups is 2. The summed E-state index contributed by atoms with van der Waals surface area (Å²) in [6.07, 6.45) is 5.88. The molecule has 0 saturated heterocycles. The first-order valence-corrected chi connectivity index (χ1v) is 10.8. The number of hydrogen-bond acceptors (Lipinski definition) is 5. The van der Waals surface area contributed by atoms with Crippen molar-refractivity contribution in [2.75, 3.05) is 7.11 Å². The number of hydrogen-bond donors (Lipinski definition) is 1. The maximum atomic E-state index is 12.7. The fraction of sp³-hybridized carbons (Fsp3) is 0.346. The molecule has 2 aromatic carbocycles. The van der Waals surface area contributed by atoms with E-state index in [1.54, 1.807) is 36.4 Å². The molecule has 1 aliphatic carbocycles. The molecule has 0 bridgehead atoms. The molecule has 2 atom stereocenters. The lowest BCUT2D eigenvalue weighted by molar-refractivity contribution is -0.118. The van der Waals surface area contributed by atoms with E-state index in [4.69, 9.17) is 9.47 Å². The van der Waals surface area contributed by atoms with Crippen LogP contribution >= 0.6 is 0 Å². The molecule has 32 heavy (non-hydrogen) atoms. The third kappa shape index (κ3) is 5.98. The number of rotatable bonds is 7. The van der Waals surface area contributed by atoms with Crippen LogP contribution in [0, 0.1) is 17.2 Å². The maximum absolute atomic E-state index is 12.7. The van der Waals surface area contributed by atoms with Crippen molar-refractivity contribution in [3.05, 3.63) is 70.8 Å². The van der Waals surface area contributed by atoms with Gasteiger partial charge in [0.25, 0.3) is 5.91 Å². The van der Waals surface area contributed by atoms with E-state index in [1.165, 1.54) is 13.5 Å². The van der Waals surface area contributed by atoms with Crippen molar-refractivity contribution in [3.8, 4) is 11.8 Å². The van der Waals surface area contributed by atoms with E-state index in [0.29, 0.717) is 22.8 Å². The summed E-state index contributed by atoms with van der Waals surface area (Å²) in [5.74, 6) is 0.238. The number of nitrogens with one attached hydrogen (secondary N) is 1. The van der Waals surface area contributed by atoms with E-state index in [9.17, 15) is 14.9 Å². The summed E-state index contributed by atoms with van der Waals surface area (Å²) in [5.41, 5.74) is 2.06. The lowest BCUT2D eigenvalue weighted by atomic mass is 9.86. The van der Waals surface area contributed by atoms with Crippen molar-refractivity contribution in [1.29, 1.82) is 5.26 Å². The lowest BCUT2D eigenvalue weighted by Gasteiger charge is -2.29. The predicted molar refractivity (Wildman–Crippen MR) is 122 cm³/mol. The number of ether oxygens (including phenoxy) is 2. The van der Waals surface area contributed by atoms with Crippen LogP contribution in [0.4, 0.5) is 0 Å². The van der Waals surface area contributed by atoms with Crippen molar-refractivity contribution in [2.45, 2.75) is 45.3 Å². The van der Waals surface area contributed by atoms with Crippen molar-refractivity contribution >= 4 is 18.0 Å². The van der Waals surface area contributed by atoms with Gasteiger partial charge in [-0.2, -0.15) is 5.26 Å². The van der Waals surface area contributed by atoms with Gasteiger partial charge in [-0.3, -0.25) is 4.79 Å². The third-order valence-corrected chi connectivity index (χ3v) is 5.78. The zero-order valence-electron chi connectivity index (χ0n) is 18.5. The number of esters is 1. The van der Waals surface area contributed by atoms with Gasteiger partial charge in [0.05, 0.1) is 12.7 Å². The summed E-state index contributed by atoms with van der Waals surface area (Å²) in [7, 11) is 1.34. The summed E-state index contributed by atoms with van der Waals surface area (Å²) >= 11 is 0. The smallest absolute Gasteiger partial charge is 0.337 e. The van der Waals surface area contributed by atoms with Crippen LogP contribution in [0.3, 0.4) is 0 Å². The Bertz CT molecular complexity index is 1020. The summed E-state index contributed by atoms with van der Waals surface area (Å²) in [4.78, 5) is 24.3. The molecule has 1 amide bonds. The highest BCUT2D eigenvalue weighted by Crippen LogP contribution is 2.25. The molecule has 6 nitrogen and oxygen atoms in total. The first-order valence-electron chi connectivity index (χ1n) is 10.8. The summed E-state index contributed by atoms with van der Waals surface area (Å²) in [6, 6.07) is 16.4. The zero-order chi connectivity index (χ0) is 22.9. The van der Waals surface area contributed by atoms with Crippen LogP contribution in [-0.2, 0) is 16.1 Å². The second-order valence-electron chi connectivity index (χ2n) is 8.03. The molecule has 0 aromatic heterocycles. The molecule has 1 N–H and O–H groups in total. The molecule has 0 heterocycles. The van der Waals surface area contributed by atoms with Crippen molar-refractivity contribution in [2.24, 2.45) is 5.92 Å². The summed E-state index contributed by atoms with van der Waals surface area (Å²) in [6.45, 7) is 2.42. The molecule has 2 aromatic rings. The van der Waals surface area contributed by atoms with Gasteiger partial charge in [0, 0.05) is 11.6 Å². The average molecular weight is 433 g/mol. The van der Waals surface area contributed by atoms with Gasteiger partial charge in [-0.25, -0.2) is 4.79 Å². The number of benzene rings is 2. The third-order valence-electron chi connectivity index (χ3n) is 5.78. The first-order chi connectivity index (χ1) is 15.5. The van der Waals surface area contributed by atoms with Crippen LogP contribution in [0.25, 0.3) is 6.08 Å². The molecule has 2 unspecified atom stereocenters. The highest BCUT2D eigenvalue weighted by Gasteiger charge is 2.24. The number of nitriles is 1. The average Bonchev–Trinajstić information content (AvgIpc) is 2.83. The van der Waals surface area contributed by atoms with Gasteiger partial charge in [0.2, 0.25) is 0 Å². The van der Waals surface area contributed by atoms with Crippen molar-refractivity contribution < 1.29 is 19.1 Å². The van der Waals surface area contributed by atoms with Gasteiger partial charge in [-0.05, 0) is 48.6 Å². The largest absolute Gasteiger partial charge is 0.488 e. The molecule has 166 valence electrons. The van der Waals surface area contributed by atoms with E-state index in [0.717, 1.165) is 24.8 Å². The molecule has 0 aliphatic heterocycles. The molecule has 1 aliphatic rings. The van der Waals surface area contributed by atoms with E-state index in [-0.39, 0.29) is 24.1 Å². The van der Waals surface area contributed by atoms with E-state index >= 15 is 0 Å². The molecule has 6 heteroatoms. The Morgan fingerprint density at radius 1 is 1.12 bits per heavy atom. The van der Waals surface area contributed by atoms with Gasteiger partial charge in [-0.1, -0.05) is 50.1 Å². The van der Waals surface area contributed by atoms with Crippen molar-refractivity contribution in [3.63, 3.8) is 0 Å². The Labute approximate surface area is 188 Å². The quantitative estimate of drug-likeness (QED) is 0.391. The minimum Gasteiger partial charge on any atom is -0.488 e. The standard InChI is InChI=1S/C26H28N2O4/c1-18-7-3-5-9-23(18)28-25(29)22(16-27)15-21-8-4-6-10-24(21)32-17-19-11-13-20(14-12-19)26(30)31-2/h4,6,8,10-15,18,23H,3,5,7,9,17H2,1-2H3,(H,28,29)/b22-15+. The Hall–Kier alpha value is -3.59. The topological polar surface area (TPSA) is 88.4 Å². The lowest BCUT2D eigenvalue weighted by Crippen LogP contribution is -2.41. The minimum atomic E-state index is -0.391. The van der Waals surface area contributed by atoms with Crippen LogP contribution in [0.1, 0.15) is 54.1 Å². The molecule has 1 saturated carbocycles. The Morgan fingerprint density at radius 2 is 1.84 bits per heavy atom. The second kappa shape index (κ2) is 11.1. The SMILES string of the molecule is COC(=O)c1ccc(COc2ccccc2/C=C(\C#N)C(=O)NC2CCCCC2C)cc1. The van der Waals surface area contributed by atoms with Crippen LogP contribution in [-0.4, -0.2) is 25.0 Å². The van der Waals surface area contributed by atoms with Gasteiger partial charge < -0.3 is 14.8 Å². The minimum absolute atomic E-state index is 0.0567. The van der Waals surface area contributed by atoms with E-state index in [1.807, 2.05) is 24.3 Å². The van der Waals surface area contributed by atoms with Gasteiger partial charge in [0.1, 0.15) is 24.0 Å². The van der Waals surface area contributed by atoms with E-state index < -0.39 is 5.97 Å². The number of amides is 1. The molecular weight excluding hydrogens is 404 g/mol. The fourth-order valence-corrected chi connectivity index (χ4v) is 3.83.